The highest BCUT2D eigenvalue weighted by atomic mass is 14.9. The van der Waals surface area contributed by atoms with Gasteiger partial charge in [0.25, 0.3) is 0 Å². The minimum atomic E-state index is 0.528. The molecule has 2 nitrogen and oxygen atoms in total. The summed E-state index contributed by atoms with van der Waals surface area (Å²) in [7, 11) is 0. The van der Waals surface area contributed by atoms with E-state index in [1.165, 1.54) is 28.3 Å². The smallest absolute Gasteiger partial charge is 0.0346 e. The summed E-state index contributed by atoms with van der Waals surface area (Å²) >= 11 is 0. The maximum atomic E-state index is 4.39. The van der Waals surface area contributed by atoms with Crippen LogP contribution in [0.15, 0.2) is 30.6 Å². The zero-order valence-electron chi connectivity index (χ0n) is 11.1. The molecule has 3 rings (SSSR count). The Morgan fingerprint density at radius 3 is 2.89 bits per heavy atom. The Balaban J connectivity index is 2.07. The SMILES string of the molecule is CC(C)c1cncc2cc(C3CCNC3)ccc12. The van der Waals surface area contributed by atoms with Crippen LogP contribution in [0.4, 0.5) is 0 Å². The first-order valence-electron chi connectivity index (χ1n) is 6.84. The van der Waals surface area contributed by atoms with Crippen molar-refractivity contribution in [3.05, 3.63) is 41.7 Å². The Kier molecular flexibility index (Phi) is 3.04. The van der Waals surface area contributed by atoms with Crippen molar-refractivity contribution in [1.82, 2.24) is 10.3 Å². The maximum Gasteiger partial charge on any atom is 0.0346 e. The molecule has 1 aromatic carbocycles. The number of benzene rings is 1. The van der Waals surface area contributed by atoms with Gasteiger partial charge in [-0.05, 0) is 47.4 Å². The summed E-state index contributed by atoms with van der Waals surface area (Å²) in [6.45, 7) is 6.71. The molecular formula is C16H20N2. The number of fused-ring (bicyclic) bond motifs is 1. The molecule has 2 aromatic rings. The van der Waals surface area contributed by atoms with E-state index in [0.717, 1.165) is 13.1 Å². The van der Waals surface area contributed by atoms with Crippen LogP contribution in [0, 0.1) is 0 Å². The summed E-state index contributed by atoms with van der Waals surface area (Å²) in [5, 5.41) is 6.07. The molecule has 1 atom stereocenters. The van der Waals surface area contributed by atoms with Gasteiger partial charge in [0.15, 0.2) is 0 Å². The molecule has 0 amide bonds. The van der Waals surface area contributed by atoms with Gasteiger partial charge in [0.05, 0.1) is 0 Å². The normalized spacial score (nSPS) is 19.8. The van der Waals surface area contributed by atoms with Gasteiger partial charge in [0, 0.05) is 24.3 Å². The lowest BCUT2D eigenvalue weighted by Gasteiger charge is -2.13. The van der Waals surface area contributed by atoms with Crippen LogP contribution < -0.4 is 5.32 Å². The maximum absolute atomic E-state index is 4.39. The number of aromatic nitrogens is 1. The van der Waals surface area contributed by atoms with Crippen LogP contribution in [0.25, 0.3) is 10.8 Å². The molecule has 2 heterocycles. The number of pyridine rings is 1. The second kappa shape index (κ2) is 4.69. The molecule has 0 saturated carbocycles. The minimum absolute atomic E-state index is 0.528. The Hall–Kier alpha value is -1.41. The van der Waals surface area contributed by atoms with Crippen molar-refractivity contribution < 1.29 is 0 Å². The molecule has 0 bridgehead atoms. The quantitative estimate of drug-likeness (QED) is 0.870. The topological polar surface area (TPSA) is 24.9 Å². The predicted molar refractivity (Wildman–Crippen MR) is 76.1 cm³/mol. The van der Waals surface area contributed by atoms with Crippen molar-refractivity contribution in [2.45, 2.75) is 32.1 Å². The van der Waals surface area contributed by atoms with Crippen molar-refractivity contribution in [2.75, 3.05) is 13.1 Å². The molecule has 1 aliphatic heterocycles. The number of hydrogen-bond acceptors (Lipinski definition) is 2. The molecule has 2 heteroatoms. The zero-order chi connectivity index (χ0) is 12.5. The Bertz CT molecular complexity index is 554. The summed E-state index contributed by atoms with van der Waals surface area (Å²) in [5.41, 5.74) is 2.80. The van der Waals surface area contributed by atoms with E-state index >= 15 is 0 Å². The van der Waals surface area contributed by atoms with Gasteiger partial charge < -0.3 is 5.32 Å². The third-order valence-electron chi connectivity index (χ3n) is 3.97. The van der Waals surface area contributed by atoms with Crippen LogP contribution in [0.2, 0.25) is 0 Å². The highest BCUT2D eigenvalue weighted by molar-refractivity contribution is 5.85. The van der Waals surface area contributed by atoms with Gasteiger partial charge in [-0.15, -0.1) is 0 Å². The van der Waals surface area contributed by atoms with E-state index in [-0.39, 0.29) is 0 Å². The molecule has 0 aliphatic carbocycles. The molecule has 1 aliphatic rings. The van der Waals surface area contributed by atoms with Gasteiger partial charge in [0.1, 0.15) is 0 Å². The van der Waals surface area contributed by atoms with E-state index in [1.54, 1.807) is 0 Å². The minimum Gasteiger partial charge on any atom is -0.316 e. The van der Waals surface area contributed by atoms with Crippen molar-refractivity contribution >= 4 is 10.8 Å². The van der Waals surface area contributed by atoms with Crippen LogP contribution in [0.3, 0.4) is 0 Å². The van der Waals surface area contributed by atoms with E-state index in [4.69, 9.17) is 0 Å². The van der Waals surface area contributed by atoms with Gasteiger partial charge in [-0.25, -0.2) is 0 Å². The lowest BCUT2D eigenvalue weighted by molar-refractivity contribution is 0.764. The van der Waals surface area contributed by atoms with Crippen LogP contribution >= 0.6 is 0 Å². The predicted octanol–water partition coefficient (Wildman–Crippen LogP) is 3.44. The fourth-order valence-electron chi connectivity index (χ4n) is 2.87. The molecule has 1 saturated heterocycles. The van der Waals surface area contributed by atoms with Gasteiger partial charge in [0.2, 0.25) is 0 Å². The molecule has 1 aromatic heterocycles. The highest BCUT2D eigenvalue weighted by Crippen LogP contribution is 2.29. The van der Waals surface area contributed by atoms with E-state index in [1.807, 2.05) is 12.4 Å². The van der Waals surface area contributed by atoms with Gasteiger partial charge in [-0.2, -0.15) is 0 Å². The van der Waals surface area contributed by atoms with Crippen LogP contribution in [-0.4, -0.2) is 18.1 Å². The number of rotatable bonds is 2. The molecule has 1 N–H and O–H groups in total. The van der Waals surface area contributed by atoms with E-state index in [0.29, 0.717) is 11.8 Å². The largest absolute Gasteiger partial charge is 0.316 e. The molecule has 0 radical (unpaired) electrons. The lowest BCUT2D eigenvalue weighted by Crippen LogP contribution is -2.07. The summed E-state index contributed by atoms with van der Waals surface area (Å²) in [6.07, 6.45) is 5.25. The molecule has 94 valence electrons. The number of nitrogens with zero attached hydrogens (tertiary/aromatic N) is 1. The monoisotopic (exact) mass is 240 g/mol. The molecule has 1 fully saturated rings. The van der Waals surface area contributed by atoms with Crippen molar-refractivity contribution in [1.29, 1.82) is 0 Å². The van der Waals surface area contributed by atoms with Gasteiger partial charge in [-0.1, -0.05) is 26.0 Å². The third kappa shape index (κ3) is 2.01. The summed E-state index contributed by atoms with van der Waals surface area (Å²) in [5.74, 6) is 1.21. The zero-order valence-corrected chi connectivity index (χ0v) is 11.1. The first kappa shape index (κ1) is 11.7. The fraction of sp³-hybridized carbons (Fsp3) is 0.438. The van der Waals surface area contributed by atoms with Crippen molar-refractivity contribution in [3.63, 3.8) is 0 Å². The van der Waals surface area contributed by atoms with E-state index in [9.17, 15) is 0 Å². The molecule has 1 unspecified atom stereocenters. The molecule has 0 spiro atoms. The average molecular weight is 240 g/mol. The second-order valence-corrected chi connectivity index (χ2v) is 5.55. The Labute approximate surface area is 108 Å². The summed E-state index contributed by atoms with van der Waals surface area (Å²) in [4.78, 5) is 4.39. The van der Waals surface area contributed by atoms with Gasteiger partial charge >= 0.3 is 0 Å². The van der Waals surface area contributed by atoms with Crippen molar-refractivity contribution in [2.24, 2.45) is 0 Å². The van der Waals surface area contributed by atoms with Crippen LogP contribution in [0.5, 0.6) is 0 Å². The van der Waals surface area contributed by atoms with Crippen LogP contribution in [0.1, 0.15) is 43.2 Å². The Morgan fingerprint density at radius 2 is 2.17 bits per heavy atom. The molecular weight excluding hydrogens is 220 g/mol. The average Bonchev–Trinajstić information content (AvgIpc) is 2.91. The Morgan fingerprint density at radius 1 is 1.28 bits per heavy atom. The van der Waals surface area contributed by atoms with Crippen LogP contribution in [-0.2, 0) is 0 Å². The highest BCUT2D eigenvalue weighted by Gasteiger charge is 2.17. The standard InChI is InChI=1S/C16H20N2/c1-11(2)16-10-18-9-14-7-12(3-4-15(14)16)13-5-6-17-8-13/h3-4,7,9-11,13,17H,5-6,8H2,1-2H3. The molecule has 18 heavy (non-hydrogen) atoms. The van der Waals surface area contributed by atoms with E-state index in [2.05, 4.69) is 42.3 Å². The van der Waals surface area contributed by atoms with Gasteiger partial charge in [-0.3, -0.25) is 4.98 Å². The first-order valence-corrected chi connectivity index (χ1v) is 6.84. The fourth-order valence-corrected chi connectivity index (χ4v) is 2.87. The lowest BCUT2D eigenvalue weighted by atomic mass is 9.93. The number of hydrogen-bond donors (Lipinski definition) is 1. The third-order valence-corrected chi connectivity index (χ3v) is 3.97. The second-order valence-electron chi connectivity index (χ2n) is 5.55. The van der Waals surface area contributed by atoms with Crippen molar-refractivity contribution in [3.8, 4) is 0 Å². The number of nitrogens with one attached hydrogen (secondary N) is 1. The summed E-state index contributed by atoms with van der Waals surface area (Å²) < 4.78 is 0. The summed E-state index contributed by atoms with van der Waals surface area (Å²) in [6, 6.07) is 6.90. The van der Waals surface area contributed by atoms with E-state index < -0.39 is 0 Å². The first-order chi connectivity index (χ1) is 8.75.